The van der Waals surface area contributed by atoms with E-state index in [0.29, 0.717) is 12.1 Å². The van der Waals surface area contributed by atoms with Crippen molar-refractivity contribution in [3.05, 3.63) is 29.8 Å². The average molecular weight is 249 g/mol. The van der Waals surface area contributed by atoms with Gasteiger partial charge in [-0.25, -0.2) is 0 Å². The van der Waals surface area contributed by atoms with Gasteiger partial charge in [-0.3, -0.25) is 0 Å². The first-order chi connectivity index (χ1) is 7.96. The van der Waals surface area contributed by atoms with Gasteiger partial charge in [0.05, 0.1) is 12.6 Å². The lowest BCUT2D eigenvalue weighted by Crippen LogP contribution is -2.24. The molecule has 1 unspecified atom stereocenters. The Bertz CT molecular complexity index is 355. The number of ether oxygens (including phenoxy) is 1. The molecule has 1 aromatic rings. The summed E-state index contributed by atoms with van der Waals surface area (Å²) in [5.41, 5.74) is 0.552. The molecule has 0 aliphatic rings. The molecule has 0 aliphatic heterocycles. The van der Waals surface area contributed by atoms with Crippen LogP contribution in [0, 0.1) is 0 Å². The molecule has 2 N–H and O–H groups in total. The summed E-state index contributed by atoms with van der Waals surface area (Å²) in [6.07, 6.45) is -4.70. The van der Waals surface area contributed by atoms with Crippen molar-refractivity contribution < 1.29 is 23.0 Å². The van der Waals surface area contributed by atoms with Gasteiger partial charge in [-0.2, -0.15) is 0 Å². The second-order valence-corrected chi connectivity index (χ2v) is 3.41. The third-order valence-electron chi connectivity index (χ3n) is 2.13. The van der Waals surface area contributed by atoms with E-state index in [1.165, 1.54) is 18.2 Å². The molecule has 1 atom stereocenters. The first-order valence-corrected chi connectivity index (χ1v) is 5.16. The fourth-order valence-electron chi connectivity index (χ4n) is 1.46. The summed E-state index contributed by atoms with van der Waals surface area (Å²) in [5.74, 6) is -0.286. The van der Waals surface area contributed by atoms with Crippen LogP contribution in [0.25, 0.3) is 0 Å². The predicted molar refractivity (Wildman–Crippen MR) is 56.6 cm³/mol. The van der Waals surface area contributed by atoms with E-state index < -0.39 is 12.4 Å². The van der Waals surface area contributed by atoms with Crippen LogP contribution in [-0.4, -0.2) is 24.6 Å². The molecule has 17 heavy (non-hydrogen) atoms. The number of nitrogens with one attached hydrogen (secondary N) is 1. The minimum Gasteiger partial charge on any atom is -0.406 e. The van der Waals surface area contributed by atoms with Crippen molar-refractivity contribution >= 4 is 0 Å². The molecule has 0 aliphatic carbocycles. The fraction of sp³-hybridized carbons (Fsp3) is 0.455. The zero-order chi connectivity index (χ0) is 12.9. The van der Waals surface area contributed by atoms with Crippen LogP contribution in [0.1, 0.15) is 18.5 Å². The third-order valence-corrected chi connectivity index (χ3v) is 2.13. The molecule has 0 aromatic heterocycles. The summed E-state index contributed by atoms with van der Waals surface area (Å²) in [6.45, 7) is 2.26. The van der Waals surface area contributed by atoms with Crippen molar-refractivity contribution in [3.63, 3.8) is 0 Å². The van der Waals surface area contributed by atoms with Gasteiger partial charge in [0, 0.05) is 0 Å². The van der Waals surface area contributed by atoms with E-state index in [2.05, 4.69) is 10.1 Å². The van der Waals surface area contributed by atoms with Gasteiger partial charge in [0.15, 0.2) is 0 Å². The Morgan fingerprint density at radius 1 is 1.41 bits per heavy atom. The van der Waals surface area contributed by atoms with Gasteiger partial charge < -0.3 is 15.2 Å². The number of rotatable bonds is 5. The zero-order valence-corrected chi connectivity index (χ0v) is 9.29. The number of halogens is 3. The molecule has 0 fully saturated rings. The Kier molecular flexibility index (Phi) is 4.77. The molecule has 96 valence electrons. The normalized spacial score (nSPS) is 13.5. The summed E-state index contributed by atoms with van der Waals surface area (Å²) in [4.78, 5) is 0. The minimum absolute atomic E-state index is 0.191. The Hall–Kier alpha value is -1.27. The molecule has 0 bridgehead atoms. The summed E-state index contributed by atoms with van der Waals surface area (Å²) in [5, 5.41) is 12.1. The molecule has 0 saturated carbocycles. The molecule has 0 spiro atoms. The first kappa shape index (κ1) is 13.8. The van der Waals surface area contributed by atoms with Crippen LogP contribution in [0.5, 0.6) is 5.75 Å². The fourth-order valence-corrected chi connectivity index (χ4v) is 1.46. The number of hydrogen-bond donors (Lipinski definition) is 2. The van der Waals surface area contributed by atoms with Crippen LogP contribution in [0.4, 0.5) is 13.2 Å². The highest BCUT2D eigenvalue weighted by Gasteiger charge is 2.31. The predicted octanol–water partition coefficient (Wildman–Crippen LogP) is 2.23. The standard InChI is InChI=1S/C11H14F3NO2/c1-2-15-10(7-16)8-4-3-5-9(6-8)17-11(12,13)14/h3-6,10,15-16H,2,7H2,1H3. The molecular weight excluding hydrogens is 235 g/mol. The van der Waals surface area contributed by atoms with Gasteiger partial charge in [-0.15, -0.1) is 13.2 Å². The monoisotopic (exact) mass is 249 g/mol. The highest BCUT2D eigenvalue weighted by atomic mass is 19.4. The topological polar surface area (TPSA) is 41.5 Å². The molecule has 6 heteroatoms. The molecule has 0 saturated heterocycles. The first-order valence-electron chi connectivity index (χ1n) is 5.16. The van der Waals surface area contributed by atoms with Crippen LogP contribution in [-0.2, 0) is 0 Å². The SMILES string of the molecule is CCNC(CO)c1cccc(OC(F)(F)F)c1. The van der Waals surface area contributed by atoms with E-state index in [4.69, 9.17) is 5.11 Å². The van der Waals surface area contributed by atoms with Crippen molar-refractivity contribution in [3.8, 4) is 5.75 Å². The number of likely N-dealkylation sites (N-methyl/N-ethyl adjacent to an activating group) is 1. The van der Waals surface area contributed by atoms with Gasteiger partial charge in [0.2, 0.25) is 0 Å². The molecule has 1 rings (SSSR count). The number of benzene rings is 1. The molecule has 0 radical (unpaired) electrons. The molecule has 1 aromatic carbocycles. The van der Waals surface area contributed by atoms with E-state index in [0.717, 1.165) is 0 Å². The summed E-state index contributed by atoms with van der Waals surface area (Å²) in [7, 11) is 0. The van der Waals surface area contributed by atoms with Crippen molar-refractivity contribution in [1.29, 1.82) is 0 Å². The highest BCUT2D eigenvalue weighted by Crippen LogP contribution is 2.25. The number of aliphatic hydroxyl groups excluding tert-OH is 1. The summed E-state index contributed by atoms with van der Waals surface area (Å²) >= 11 is 0. The number of hydrogen-bond acceptors (Lipinski definition) is 3. The van der Waals surface area contributed by atoms with Crippen molar-refractivity contribution in [1.82, 2.24) is 5.32 Å². The Morgan fingerprint density at radius 2 is 2.12 bits per heavy atom. The van der Waals surface area contributed by atoms with Crippen molar-refractivity contribution in [2.45, 2.75) is 19.3 Å². The lowest BCUT2D eigenvalue weighted by atomic mass is 10.1. The van der Waals surface area contributed by atoms with Gasteiger partial charge in [0.25, 0.3) is 0 Å². The van der Waals surface area contributed by atoms with Gasteiger partial charge in [0.1, 0.15) is 5.75 Å². The second-order valence-electron chi connectivity index (χ2n) is 3.41. The average Bonchev–Trinajstić information content (AvgIpc) is 2.24. The maximum atomic E-state index is 12.0. The van der Waals surface area contributed by atoms with E-state index in [-0.39, 0.29) is 12.4 Å². The quantitative estimate of drug-likeness (QED) is 0.840. The maximum absolute atomic E-state index is 12.0. The van der Waals surface area contributed by atoms with Gasteiger partial charge in [-0.1, -0.05) is 19.1 Å². The smallest absolute Gasteiger partial charge is 0.406 e. The van der Waals surface area contributed by atoms with Crippen molar-refractivity contribution in [2.24, 2.45) is 0 Å². The van der Waals surface area contributed by atoms with Crippen LogP contribution >= 0.6 is 0 Å². The molecule has 3 nitrogen and oxygen atoms in total. The lowest BCUT2D eigenvalue weighted by Gasteiger charge is -2.17. The molecule has 0 amide bonds. The highest BCUT2D eigenvalue weighted by molar-refractivity contribution is 5.30. The summed E-state index contributed by atoms with van der Waals surface area (Å²) < 4.78 is 39.9. The van der Waals surface area contributed by atoms with Crippen LogP contribution in [0.3, 0.4) is 0 Å². The molecule has 0 heterocycles. The van der Waals surface area contributed by atoms with Crippen LogP contribution < -0.4 is 10.1 Å². The number of aliphatic hydroxyl groups is 1. The Morgan fingerprint density at radius 3 is 2.65 bits per heavy atom. The Labute approximate surface area is 97.2 Å². The number of alkyl halides is 3. The maximum Gasteiger partial charge on any atom is 0.573 e. The third kappa shape index (κ3) is 4.62. The van der Waals surface area contributed by atoms with E-state index in [9.17, 15) is 13.2 Å². The lowest BCUT2D eigenvalue weighted by molar-refractivity contribution is -0.274. The minimum atomic E-state index is -4.70. The molecular formula is C11H14F3NO2. The summed E-state index contributed by atoms with van der Waals surface area (Å²) in [6, 6.07) is 5.18. The van der Waals surface area contributed by atoms with Gasteiger partial charge in [-0.05, 0) is 24.2 Å². The van der Waals surface area contributed by atoms with Crippen molar-refractivity contribution in [2.75, 3.05) is 13.2 Å². The largest absolute Gasteiger partial charge is 0.573 e. The van der Waals surface area contributed by atoms with Crippen LogP contribution in [0.2, 0.25) is 0 Å². The van der Waals surface area contributed by atoms with E-state index in [1.807, 2.05) is 6.92 Å². The van der Waals surface area contributed by atoms with Crippen LogP contribution in [0.15, 0.2) is 24.3 Å². The second kappa shape index (κ2) is 5.88. The van der Waals surface area contributed by atoms with E-state index >= 15 is 0 Å². The van der Waals surface area contributed by atoms with E-state index in [1.54, 1.807) is 6.07 Å². The van der Waals surface area contributed by atoms with Gasteiger partial charge >= 0.3 is 6.36 Å². The Balaban J connectivity index is 2.84. The zero-order valence-electron chi connectivity index (χ0n) is 9.29.